The summed E-state index contributed by atoms with van der Waals surface area (Å²) in [5.74, 6) is 0.127. The average Bonchev–Trinajstić information content (AvgIpc) is 2.41. The van der Waals surface area contributed by atoms with E-state index >= 15 is 0 Å². The first-order valence-corrected chi connectivity index (χ1v) is 7.26. The zero-order valence-electron chi connectivity index (χ0n) is 12.4. The summed E-state index contributed by atoms with van der Waals surface area (Å²) < 4.78 is 0. The first kappa shape index (κ1) is 14.9. The highest BCUT2D eigenvalue weighted by atomic mass is 16.2. The van der Waals surface area contributed by atoms with Crippen LogP contribution in [0, 0.1) is 0 Å². The van der Waals surface area contributed by atoms with Crippen molar-refractivity contribution in [1.29, 1.82) is 0 Å². The van der Waals surface area contributed by atoms with Crippen molar-refractivity contribution in [2.75, 3.05) is 32.7 Å². The Bertz CT molecular complexity index is 413. The van der Waals surface area contributed by atoms with E-state index in [2.05, 4.69) is 32.2 Å². The van der Waals surface area contributed by atoms with E-state index in [9.17, 15) is 4.79 Å². The molecule has 2 rings (SSSR count). The van der Waals surface area contributed by atoms with Crippen LogP contribution in [0.2, 0.25) is 0 Å². The highest BCUT2D eigenvalue weighted by Gasteiger charge is 2.19. The molecule has 0 aliphatic carbocycles. The van der Waals surface area contributed by atoms with Crippen LogP contribution in [-0.4, -0.2) is 59.5 Å². The van der Waals surface area contributed by atoms with Crippen molar-refractivity contribution in [1.82, 2.24) is 20.1 Å². The van der Waals surface area contributed by atoms with Gasteiger partial charge in [-0.1, -0.05) is 0 Å². The number of nitrogens with zero attached hydrogens (tertiary/aromatic N) is 3. The Kier molecular flexibility index (Phi) is 5.49. The molecule has 0 aromatic carbocycles. The fourth-order valence-electron chi connectivity index (χ4n) is 2.42. The molecule has 0 unspecified atom stereocenters. The minimum atomic E-state index is 0.127. The minimum Gasteiger partial charge on any atom is -0.353 e. The van der Waals surface area contributed by atoms with Crippen LogP contribution in [0.15, 0.2) is 24.5 Å². The second kappa shape index (κ2) is 7.36. The normalized spacial score (nSPS) is 17.4. The van der Waals surface area contributed by atoms with Gasteiger partial charge in [0, 0.05) is 51.2 Å². The molecule has 20 heavy (non-hydrogen) atoms. The number of hydrogen-bond acceptors (Lipinski definition) is 4. The third kappa shape index (κ3) is 4.90. The Morgan fingerprint density at radius 2 is 1.80 bits per heavy atom. The fraction of sp³-hybridized carbons (Fsp3) is 0.600. The quantitative estimate of drug-likeness (QED) is 0.861. The molecule has 2 heterocycles. The lowest BCUT2D eigenvalue weighted by molar-refractivity contribution is -0.123. The lowest BCUT2D eigenvalue weighted by atomic mass is 10.2. The van der Waals surface area contributed by atoms with Gasteiger partial charge in [-0.25, -0.2) is 0 Å². The summed E-state index contributed by atoms with van der Waals surface area (Å²) in [7, 11) is 0. The number of carbonyl (C=O) groups excluding carboxylic acids is 1. The third-order valence-electron chi connectivity index (χ3n) is 3.44. The van der Waals surface area contributed by atoms with Gasteiger partial charge >= 0.3 is 0 Å². The van der Waals surface area contributed by atoms with E-state index in [0.29, 0.717) is 6.54 Å². The monoisotopic (exact) mass is 276 g/mol. The van der Waals surface area contributed by atoms with Crippen molar-refractivity contribution in [3.05, 3.63) is 30.1 Å². The molecular formula is C15H24N4O. The Hall–Kier alpha value is -1.46. The topological polar surface area (TPSA) is 48.5 Å². The van der Waals surface area contributed by atoms with Crippen LogP contribution in [0.5, 0.6) is 0 Å². The van der Waals surface area contributed by atoms with E-state index in [1.165, 1.54) is 5.56 Å². The molecule has 1 aliphatic rings. The summed E-state index contributed by atoms with van der Waals surface area (Å²) in [6.07, 6.45) is 3.67. The Balaban J connectivity index is 1.71. The molecule has 0 radical (unpaired) electrons. The van der Waals surface area contributed by atoms with Crippen LogP contribution < -0.4 is 5.32 Å². The van der Waals surface area contributed by atoms with E-state index in [4.69, 9.17) is 0 Å². The highest BCUT2D eigenvalue weighted by molar-refractivity contribution is 5.78. The Labute approximate surface area is 121 Å². The van der Waals surface area contributed by atoms with Crippen molar-refractivity contribution < 1.29 is 4.79 Å². The number of carbonyl (C=O) groups is 1. The van der Waals surface area contributed by atoms with Crippen LogP contribution in [0.4, 0.5) is 0 Å². The number of amides is 1. The van der Waals surface area contributed by atoms with Crippen molar-refractivity contribution in [2.24, 2.45) is 0 Å². The highest BCUT2D eigenvalue weighted by Crippen LogP contribution is 2.07. The molecule has 0 saturated carbocycles. The van der Waals surface area contributed by atoms with Gasteiger partial charge in [0.15, 0.2) is 0 Å². The minimum absolute atomic E-state index is 0.127. The largest absolute Gasteiger partial charge is 0.353 e. The molecule has 1 aromatic rings. The Morgan fingerprint density at radius 3 is 2.40 bits per heavy atom. The standard InChI is InChI=1S/C15H24N4O/c1-13(2)17-15(20)12-19-9-7-18(8-10-19)11-14-3-5-16-6-4-14/h3-6,13H,7-12H2,1-2H3,(H,17,20). The lowest BCUT2D eigenvalue weighted by Crippen LogP contribution is -2.49. The first-order valence-electron chi connectivity index (χ1n) is 7.26. The molecule has 0 spiro atoms. The molecule has 110 valence electrons. The van der Waals surface area contributed by atoms with Crippen LogP contribution in [0.1, 0.15) is 19.4 Å². The number of hydrogen-bond donors (Lipinski definition) is 1. The van der Waals surface area contributed by atoms with Crippen molar-refractivity contribution in [3.63, 3.8) is 0 Å². The van der Waals surface area contributed by atoms with Gasteiger partial charge < -0.3 is 5.32 Å². The Morgan fingerprint density at radius 1 is 1.20 bits per heavy atom. The molecule has 0 bridgehead atoms. The van der Waals surface area contributed by atoms with E-state index in [0.717, 1.165) is 32.7 Å². The smallest absolute Gasteiger partial charge is 0.234 e. The maximum absolute atomic E-state index is 11.7. The summed E-state index contributed by atoms with van der Waals surface area (Å²) in [5.41, 5.74) is 1.30. The van der Waals surface area contributed by atoms with Crippen molar-refractivity contribution in [2.45, 2.75) is 26.4 Å². The summed E-state index contributed by atoms with van der Waals surface area (Å²) >= 11 is 0. The van der Waals surface area contributed by atoms with Crippen molar-refractivity contribution in [3.8, 4) is 0 Å². The van der Waals surface area contributed by atoms with Crippen LogP contribution in [-0.2, 0) is 11.3 Å². The summed E-state index contributed by atoms with van der Waals surface area (Å²) in [4.78, 5) is 20.4. The second-order valence-corrected chi connectivity index (χ2v) is 5.63. The van der Waals surface area contributed by atoms with E-state index in [1.807, 2.05) is 26.2 Å². The molecule has 1 saturated heterocycles. The van der Waals surface area contributed by atoms with Gasteiger partial charge in [0.25, 0.3) is 0 Å². The molecule has 1 N–H and O–H groups in total. The predicted molar refractivity (Wildman–Crippen MR) is 79.2 cm³/mol. The van der Waals surface area contributed by atoms with Gasteiger partial charge in [0.05, 0.1) is 6.54 Å². The van der Waals surface area contributed by atoms with Gasteiger partial charge in [-0.05, 0) is 31.5 Å². The average molecular weight is 276 g/mol. The van der Waals surface area contributed by atoms with Crippen LogP contribution >= 0.6 is 0 Å². The molecule has 5 heteroatoms. The third-order valence-corrected chi connectivity index (χ3v) is 3.44. The zero-order chi connectivity index (χ0) is 14.4. The molecule has 1 aromatic heterocycles. The molecule has 1 fully saturated rings. The summed E-state index contributed by atoms with van der Waals surface area (Å²) in [6, 6.07) is 4.33. The van der Waals surface area contributed by atoms with E-state index in [-0.39, 0.29) is 11.9 Å². The van der Waals surface area contributed by atoms with Crippen LogP contribution in [0.3, 0.4) is 0 Å². The van der Waals surface area contributed by atoms with Gasteiger partial charge in [-0.15, -0.1) is 0 Å². The van der Waals surface area contributed by atoms with Crippen molar-refractivity contribution >= 4 is 5.91 Å². The maximum atomic E-state index is 11.7. The van der Waals surface area contributed by atoms with Gasteiger partial charge in [0.2, 0.25) is 5.91 Å². The van der Waals surface area contributed by atoms with E-state index < -0.39 is 0 Å². The molecular weight excluding hydrogens is 252 g/mol. The van der Waals surface area contributed by atoms with Crippen LogP contribution in [0.25, 0.3) is 0 Å². The zero-order valence-corrected chi connectivity index (χ0v) is 12.4. The first-order chi connectivity index (χ1) is 9.63. The maximum Gasteiger partial charge on any atom is 0.234 e. The molecule has 1 amide bonds. The predicted octanol–water partition coefficient (Wildman–Crippen LogP) is 0.724. The van der Waals surface area contributed by atoms with E-state index in [1.54, 1.807) is 0 Å². The fourth-order valence-corrected chi connectivity index (χ4v) is 2.42. The van der Waals surface area contributed by atoms with Gasteiger partial charge in [-0.3, -0.25) is 19.6 Å². The number of nitrogens with one attached hydrogen (secondary N) is 1. The number of rotatable bonds is 5. The molecule has 0 atom stereocenters. The van der Waals surface area contributed by atoms with Gasteiger partial charge in [0.1, 0.15) is 0 Å². The SMILES string of the molecule is CC(C)NC(=O)CN1CCN(Cc2ccncc2)CC1. The molecule has 5 nitrogen and oxygen atoms in total. The second-order valence-electron chi connectivity index (χ2n) is 5.63. The number of aromatic nitrogens is 1. The van der Waals surface area contributed by atoms with Gasteiger partial charge in [-0.2, -0.15) is 0 Å². The number of piperazine rings is 1. The lowest BCUT2D eigenvalue weighted by Gasteiger charge is -2.34. The molecule has 1 aliphatic heterocycles. The number of pyridine rings is 1. The summed E-state index contributed by atoms with van der Waals surface area (Å²) in [5, 5.41) is 2.94. The summed E-state index contributed by atoms with van der Waals surface area (Å²) in [6.45, 7) is 9.40.